The number of alkyl halides is 2. The second-order valence-corrected chi connectivity index (χ2v) is 5.04. The van der Waals surface area contributed by atoms with Gasteiger partial charge >= 0.3 is 6.61 Å². The monoisotopic (exact) mass is 487 g/mol. The Morgan fingerprint density at radius 2 is 1.96 bits per heavy atom. The van der Waals surface area contributed by atoms with Crippen molar-refractivity contribution in [2.24, 2.45) is 4.99 Å². The van der Waals surface area contributed by atoms with Gasteiger partial charge in [0.05, 0.1) is 13.7 Å². The topological polar surface area (TPSA) is 64.1 Å². The second kappa shape index (κ2) is 14.8. The molecule has 0 aliphatic rings. The van der Waals surface area contributed by atoms with E-state index in [0.717, 1.165) is 25.1 Å². The first-order chi connectivity index (χ1) is 12.1. The van der Waals surface area contributed by atoms with Crippen molar-refractivity contribution in [1.29, 1.82) is 0 Å². The van der Waals surface area contributed by atoms with Crippen LogP contribution in [0.2, 0.25) is 0 Å². The number of ether oxygens (including phenoxy) is 3. The Labute approximate surface area is 170 Å². The van der Waals surface area contributed by atoms with Crippen LogP contribution in [0.25, 0.3) is 0 Å². The van der Waals surface area contributed by atoms with E-state index in [0.29, 0.717) is 25.7 Å². The quantitative estimate of drug-likeness (QED) is 0.217. The number of nitrogens with zero attached hydrogens (tertiary/aromatic N) is 1. The van der Waals surface area contributed by atoms with E-state index >= 15 is 0 Å². The van der Waals surface area contributed by atoms with Crippen LogP contribution < -0.4 is 20.1 Å². The number of hydrogen-bond acceptors (Lipinski definition) is 4. The van der Waals surface area contributed by atoms with Crippen molar-refractivity contribution in [1.82, 2.24) is 10.6 Å². The molecule has 2 N–H and O–H groups in total. The average Bonchev–Trinajstić information content (AvgIpc) is 2.59. The van der Waals surface area contributed by atoms with Crippen LogP contribution in [0.5, 0.6) is 11.5 Å². The van der Waals surface area contributed by atoms with Crippen LogP contribution in [0.1, 0.15) is 25.8 Å². The number of rotatable bonds is 11. The minimum Gasteiger partial charge on any atom is -0.493 e. The first-order valence-electron chi connectivity index (χ1n) is 8.32. The third kappa shape index (κ3) is 9.95. The number of benzene rings is 1. The molecule has 150 valence electrons. The molecule has 0 radical (unpaired) electrons. The molecule has 1 aromatic rings. The van der Waals surface area contributed by atoms with Crippen LogP contribution in [-0.4, -0.2) is 46.0 Å². The maximum atomic E-state index is 12.5. The Bertz CT molecular complexity index is 534. The highest BCUT2D eigenvalue weighted by Gasteiger charge is 2.11. The van der Waals surface area contributed by atoms with Gasteiger partial charge in [0.25, 0.3) is 0 Å². The summed E-state index contributed by atoms with van der Waals surface area (Å²) in [6.07, 6.45) is 0.868. The molecule has 0 atom stereocenters. The van der Waals surface area contributed by atoms with Crippen molar-refractivity contribution in [3.8, 4) is 11.5 Å². The fourth-order valence-corrected chi connectivity index (χ4v) is 2.04. The summed E-state index contributed by atoms with van der Waals surface area (Å²) in [4.78, 5) is 4.45. The van der Waals surface area contributed by atoms with Crippen LogP contribution in [0.3, 0.4) is 0 Å². The zero-order valence-electron chi connectivity index (χ0n) is 15.4. The first kappa shape index (κ1) is 24.6. The van der Waals surface area contributed by atoms with Gasteiger partial charge in [-0.05, 0) is 38.0 Å². The molecule has 1 rings (SSSR count). The van der Waals surface area contributed by atoms with Gasteiger partial charge in [-0.3, -0.25) is 0 Å². The van der Waals surface area contributed by atoms with Gasteiger partial charge < -0.3 is 24.8 Å². The van der Waals surface area contributed by atoms with Crippen molar-refractivity contribution in [2.75, 3.05) is 33.4 Å². The smallest absolute Gasteiger partial charge is 0.387 e. The summed E-state index contributed by atoms with van der Waals surface area (Å²) in [6.45, 7) is 4.19. The number of hydrogen-bond donors (Lipinski definition) is 2. The van der Waals surface area contributed by atoms with Crippen molar-refractivity contribution in [3.05, 3.63) is 23.8 Å². The van der Waals surface area contributed by atoms with Gasteiger partial charge in [0.1, 0.15) is 0 Å². The average molecular weight is 487 g/mol. The number of aliphatic imine (C=N–C) groups is 1. The van der Waals surface area contributed by atoms with E-state index < -0.39 is 6.61 Å². The molecular formula is C17H28F2IN3O3. The Morgan fingerprint density at radius 3 is 2.58 bits per heavy atom. The standard InChI is InChI=1S/C17H27F2N3O3.HI/c1-4-20-17(21-9-6-10-24-5-2)22-12-13-7-8-14(23-3)15(11-13)25-16(18)19;/h7-8,11,16H,4-6,9-10,12H2,1-3H3,(H2,20,21,22);1H. The summed E-state index contributed by atoms with van der Waals surface area (Å²) in [5.41, 5.74) is 0.739. The maximum absolute atomic E-state index is 12.5. The lowest BCUT2D eigenvalue weighted by molar-refractivity contribution is -0.0512. The number of guanidine groups is 1. The molecule has 0 bridgehead atoms. The van der Waals surface area contributed by atoms with Gasteiger partial charge in [-0.2, -0.15) is 8.78 Å². The highest BCUT2D eigenvalue weighted by Crippen LogP contribution is 2.29. The van der Waals surface area contributed by atoms with Crippen LogP contribution in [-0.2, 0) is 11.3 Å². The Morgan fingerprint density at radius 1 is 1.19 bits per heavy atom. The normalized spacial score (nSPS) is 11.1. The lowest BCUT2D eigenvalue weighted by atomic mass is 10.2. The van der Waals surface area contributed by atoms with Gasteiger partial charge in [0, 0.05) is 26.3 Å². The minimum atomic E-state index is -2.91. The molecule has 1 aromatic carbocycles. The fraction of sp³-hybridized carbons (Fsp3) is 0.588. The lowest BCUT2D eigenvalue weighted by Crippen LogP contribution is -2.38. The highest BCUT2D eigenvalue weighted by molar-refractivity contribution is 14.0. The zero-order chi connectivity index (χ0) is 18.5. The molecule has 0 saturated carbocycles. The lowest BCUT2D eigenvalue weighted by Gasteiger charge is -2.13. The molecule has 0 heterocycles. The summed E-state index contributed by atoms with van der Waals surface area (Å²) in [5, 5.41) is 6.34. The SMILES string of the molecule is CCNC(=NCc1ccc(OC)c(OC(F)F)c1)NCCCOCC.I. The summed E-state index contributed by atoms with van der Waals surface area (Å²) < 4.78 is 39.7. The van der Waals surface area contributed by atoms with Gasteiger partial charge in [0.2, 0.25) is 0 Å². The molecule has 9 heteroatoms. The van der Waals surface area contributed by atoms with E-state index in [9.17, 15) is 8.78 Å². The number of methoxy groups -OCH3 is 1. The third-order valence-corrected chi connectivity index (χ3v) is 3.17. The first-order valence-corrected chi connectivity index (χ1v) is 8.32. The van der Waals surface area contributed by atoms with Crippen molar-refractivity contribution in [2.45, 2.75) is 33.4 Å². The van der Waals surface area contributed by atoms with Gasteiger partial charge in [-0.15, -0.1) is 24.0 Å². The second-order valence-electron chi connectivity index (χ2n) is 5.04. The van der Waals surface area contributed by atoms with E-state index in [-0.39, 0.29) is 35.5 Å². The van der Waals surface area contributed by atoms with Crippen molar-refractivity contribution in [3.63, 3.8) is 0 Å². The predicted molar refractivity (Wildman–Crippen MR) is 109 cm³/mol. The van der Waals surface area contributed by atoms with Crippen LogP contribution in [0.15, 0.2) is 23.2 Å². The third-order valence-electron chi connectivity index (χ3n) is 3.17. The van der Waals surface area contributed by atoms with Crippen molar-refractivity contribution < 1.29 is 23.0 Å². The molecule has 0 spiro atoms. The van der Waals surface area contributed by atoms with Crippen LogP contribution in [0, 0.1) is 0 Å². The molecule has 0 aliphatic carbocycles. The van der Waals surface area contributed by atoms with E-state index in [2.05, 4.69) is 20.4 Å². The molecule has 0 unspecified atom stereocenters. The largest absolute Gasteiger partial charge is 0.493 e. The maximum Gasteiger partial charge on any atom is 0.387 e. The predicted octanol–water partition coefficient (Wildman–Crippen LogP) is 3.40. The van der Waals surface area contributed by atoms with E-state index in [4.69, 9.17) is 9.47 Å². The highest BCUT2D eigenvalue weighted by atomic mass is 127. The molecular weight excluding hydrogens is 459 g/mol. The van der Waals surface area contributed by atoms with Crippen LogP contribution in [0.4, 0.5) is 8.78 Å². The van der Waals surface area contributed by atoms with Crippen molar-refractivity contribution >= 4 is 29.9 Å². The Balaban J connectivity index is 0.00000625. The minimum absolute atomic E-state index is 0. The summed E-state index contributed by atoms with van der Waals surface area (Å²) >= 11 is 0. The molecule has 0 aromatic heterocycles. The van der Waals surface area contributed by atoms with Gasteiger partial charge in [-0.1, -0.05) is 6.07 Å². The molecule has 6 nitrogen and oxygen atoms in total. The fourth-order valence-electron chi connectivity index (χ4n) is 2.04. The molecule has 0 amide bonds. The summed E-state index contributed by atoms with van der Waals surface area (Å²) in [6, 6.07) is 4.86. The molecule has 0 saturated heterocycles. The van der Waals surface area contributed by atoms with Crippen LogP contribution >= 0.6 is 24.0 Å². The van der Waals surface area contributed by atoms with Gasteiger partial charge in [-0.25, -0.2) is 4.99 Å². The van der Waals surface area contributed by atoms with Gasteiger partial charge in [0.15, 0.2) is 17.5 Å². The summed E-state index contributed by atoms with van der Waals surface area (Å²) in [7, 11) is 1.40. The molecule has 0 fully saturated rings. The van der Waals surface area contributed by atoms with E-state index in [1.54, 1.807) is 12.1 Å². The molecule has 26 heavy (non-hydrogen) atoms. The summed E-state index contributed by atoms with van der Waals surface area (Å²) in [5.74, 6) is 0.917. The number of nitrogens with one attached hydrogen (secondary N) is 2. The number of halogens is 3. The van der Waals surface area contributed by atoms with E-state index in [1.807, 2.05) is 13.8 Å². The van der Waals surface area contributed by atoms with E-state index in [1.165, 1.54) is 13.2 Å². The Kier molecular flexibility index (Phi) is 14.0. The zero-order valence-corrected chi connectivity index (χ0v) is 17.7. The Hall–Kier alpha value is -1.36. The molecule has 0 aliphatic heterocycles.